The number of amides is 2. The van der Waals surface area contributed by atoms with Crippen molar-refractivity contribution < 1.29 is 14.1 Å². The summed E-state index contributed by atoms with van der Waals surface area (Å²) in [7, 11) is -0.950. The minimum atomic E-state index is -0.950. The zero-order valence-electron chi connectivity index (χ0n) is 13.2. The van der Waals surface area contributed by atoms with Crippen molar-refractivity contribution in [2.24, 2.45) is 17.8 Å². The molecule has 21 heavy (non-hydrogen) atoms. The summed E-state index contributed by atoms with van der Waals surface area (Å²) in [5.74, 6) is 1.76. The summed E-state index contributed by atoms with van der Waals surface area (Å²) in [6.07, 6.45) is 3.46. The molecule has 0 aromatic carbocycles. The lowest BCUT2D eigenvalue weighted by atomic mass is 9.85. The number of urea groups is 1. The number of rotatable bonds is 5. The molecule has 2 aliphatic rings. The predicted octanol–water partition coefficient (Wildman–Crippen LogP) is 1.24. The minimum Gasteiger partial charge on any atom is -0.396 e. The Bertz CT molecular complexity index is 408. The third-order valence-corrected chi connectivity index (χ3v) is 6.79. The molecular formula is C15H28N2O3S. The largest absolute Gasteiger partial charge is 0.396 e. The number of nitrogens with one attached hydrogen (secondary N) is 2. The van der Waals surface area contributed by atoms with Gasteiger partial charge in [0.1, 0.15) is 0 Å². The van der Waals surface area contributed by atoms with Crippen LogP contribution in [0.1, 0.15) is 40.0 Å². The number of carbonyl (C=O) groups is 1. The molecule has 2 fully saturated rings. The number of carbonyl (C=O) groups excluding carboxylic acids is 1. The first-order valence-electron chi connectivity index (χ1n) is 7.86. The molecule has 122 valence electrons. The fourth-order valence-corrected chi connectivity index (χ4v) is 4.56. The van der Waals surface area contributed by atoms with Gasteiger partial charge in [-0.05, 0) is 51.9 Å². The second-order valence-corrected chi connectivity index (χ2v) is 9.59. The molecule has 0 radical (unpaired) electrons. The van der Waals surface area contributed by atoms with E-state index in [2.05, 4.69) is 10.6 Å². The standard InChI is InChI=1S/C15H28N2O3S/c1-15(2,3)21(20)7-6-16-14(19)17-13-11-5-4-10(8-11)12(13)9-18/h10-13,18H,4-9H2,1-3H3,(H2,16,17,19). The van der Waals surface area contributed by atoms with E-state index in [1.807, 2.05) is 20.8 Å². The van der Waals surface area contributed by atoms with Gasteiger partial charge >= 0.3 is 6.03 Å². The molecule has 0 spiro atoms. The maximum atomic E-state index is 12.0. The molecule has 0 aromatic rings. The Balaban J connectivity index is 1.74. The monoisotopic (exact) mass is 316 g/mol. The van der Waals surface area contributed by atoms with Crippen molar-refractivity contribution in [3.63, 3.8) is 0 Å². The molecule has 3 N–H and O–H groups in total. The van der Waals surface area contributed by atoms with E-state index in [0.717, 1.165) is 12.8 Å². The molecule has 6 heteroatoms. The Labute approximate surface area is 129 Å². The predicted molar refractivity (Wildman–Crippen MR) is 84.5 cm³/mol. The molecule has 2 saturated carbocycles. The Morgan fingerprint density at radius 1 is 1.29 bits per heavy atom. The van der Waals surface area contributed by atoms with Gasteiger partial charge in [-0.15, -0.1) is 0 Å². The van der Waals surface area contributed by atoms with Gasteiger partial charge in [-0.2, -0.15) is 0 Å². The topological polar surface area (TPSA) is 78.4 Å². The van der Waals surface area contributed by atoms with Gasteiger partial charge in [0.05, 0.1) is 0 Å². The number of hydrogen-bond acceptors (Lipinski definition) is 3. The SMILES string of the molecule is CC(C)(C)S(=O)CCNC(=O)NC1C2CCC(C2)C1CO. The maximum Gasteiger partial charge on any atom is 0.315 e. The summed E-state index contributed by atoms with van der Waals surface area (Å²) in [4.78, 5) is 12.0. The third-order valence-electron chi connectivity index (χ3n) is 4.85. The molecule has 0 aromatic heterocycles. The van der Waals surface area contributed by atoms with Crippen molar-refractivity contribution in [1.82, 2.24) is 10.6 Å². The second-order valence-electron chi connectivity index (χ2n) is 7.27. The Morgan fingerprint density at radius 2 is 1.95 bits per heavy atom. The lowest BCUT2D eigenvalue weighted by Crippen LogP contribution is -2.49. The van der Waals surface area contributed by atoms with Crippen LogP contribution < -0.4 is 10.6 Å². The van der Waals surface area contributed by atoms with Crippen LogP contribution in [0.15, 0.2) is 0 Å². The Kier molecular flexibility index (Phi) is 5.30. The molecule has 5 nitrogen and oxygen atoms in total. The Hall–Kier alpha value is -0.620. The van der Waals surface area contributed by atoms with Crippen molar-refractivity contribution in [2.75, 3.05) is 18.9 Å². The van der Waals surface area contributed by atoms with Crippen LogP contribution in [0.3, 0.4) is 0 Å². The van der Waals surface area contributed by atoms with Crippen LogP contribution in [0, 0.1) is 17.8 Å². The zero-order valence-corrected chi connectivity index (χ0v) is 14.0. The maximum absolute atomic E-state index is 12.0. The molecule has 5 unspecified atom stereocenters. The summed E-state index contributed by atoms with van der Waals surface area (Å²) in [5, 5.41) is 15.3. The van der Waals surface area contributed by atoms with Crippen LogP contribution in [-0.2, 0) is 10.8 Å². The molecule has 0 saturated heterocycles. The summed E-state index contributed by atoms with van der Waals surface area (Å²) in [6.45, 7) is 6.37. The highest BCUT2D eigenvalue weighted by Gasteiger charge is 2.47. The van der Waals surface area contributed by atoms with Crippen LogP contribution in [0.2, 0.25) is 0 Å². The normalized spacial score (nSPS) is 33.0. The average Bonchev–Trinajstić information content (AvgIpc) is 2.98. The molecular weight excluding hydrogens is 288 g/mol. The summed E-state index contributed by atoms with van der Waals surface area (Å²) in [6, 6.07) is -0.0984. The molecule has 2 rings (SSSR count). The van der Waals surface area contributed by atoms with E-state index >= 15 is 0 Å². The van der Waals surface area contributed by atoms with Gasteiger partial charge < -0.3 is 15.7 Å². The van der Waals surface area contributed by atoms with Gasteiger partial charge in [-0.1, -0.05) is 0 Å². The third kappa shape index (κ3) is 3.97. The van der Waals surface area contributed by atoms with Gasteiger partial charge in [0.2, 0.25) is 0 Å². The summed E-state index contributed by atoms with van der Waals surface area (Å²) in [5.41, 5.74) is 0. The second kappa shape index (κ2) is 6.65. The summed E-state index contributed by atoms with van der Waals surface area (Å²) >= 11 is 0. The van der Waals surface area contributed by atoms with E-state index in [9.17, 15) is 14.1 Å². The molecule has 2 aliphatic carbocycles. The van der Waals surface area contributed by atoms with E-state index in [-0.39, 0.29) is 29.3 Å². The van der Waals surface area contributed by atoms with Crippen LogP contribution in [-0.4, -0.2) is 45.0 Å². The highest BCUT2D eigenvalue weighted by Crippen LogP contribution is 2.48. The highest BCUT2D eigenvalue weighted by molar-refractivity contribution is 7.86. The van der Waals surface area contributed by atoms with Gasteiger partial charge in [0, 0.05) is 46.4 Å². The average molecular weight is 316 g/mol. The smallest absolute Gasteiger partial charge is 0.315 e. The van der Waals surface area contributed by atoms with E-state index in [1.54, 1.807) is 0 Å². The molecule has 5 atom stereocenters. The quantitative estimate of drug-likeness (QED) is 0.714. The van der Waals surface area contributed by atoms with Crippen molar-refractivity contribution in [3.8, 4) is 0 Å². The van der Waals surface area contributed by atoms with Crippen LogP contribution in [0.4, 0.5) is 4.79 Å². The van der Waals surface area contributed by atoms with Gasteiger partial charge in [-0.25, -0.2) is 4.79 Å². The lowest BCUT2D eigenvalue weighted by molar-refractivity contribution is 0.144. The first kappa shape index (κ1) is 16.7. The Morgan fingerprint density at radius 3 is 2.57 bits per heavy atom. The lowest BCUT2D eigenvalue weighted by Gasteiger charge is -2.30. The van der Waals surface area contributed by atoms with E-state index in [4.69, 9.17) is 0 Å². The first-order valence-corrected chi connectivity index (χ1v) is 9.18. The van der Waals surface area contributed by atoms with Gasteiger partial charge in [-0.3, -0.25) is 4.21 Å². The van der Waals surface area contributed by atoms with E-state index in [0.29, 0.717) is 24.1 Å². The number of aliphatic hydroxyl groups is 1. The highest BCUT2D eigenvalue weighted by atomic mass is 32.2. The minimum absolute atomic E-state index is 0.0989. The van der Waals surface area contributed by atoms with Crippen molar-refractivity contribution in [1.29, 1.82) is 0 Å². The molecule has 2 amide bonds. The zero-order chi connectivity index (χ0) is 15.6. The van der Waals surface area contributed by atoms with Crippen LogP contribution >= 0.6 is 0 Å². The van der Waals surface area contributed by atoms with Crippen molar-refractivity contribution >= 4 is 16.8 Å². The fourth-order valence-electron chi connectivity index (χ4n) is 3.66. The van der Waals surface area contributed by atoms with E-state index in [1.165, 1.54) is 6.42 Å². The molecule has 2 bridgehead atoms. The van der Waals surface area contributed by atoms with Gasteiger partial charge in [0.25, 0.3) is 0 Å². The fraction of sp³-hybridized carbons (Fsp3) is 0.933. The first-order chi connectivity index (χ1) is 9.82. The van der Waals surface area contributed by atoms with Gasteiger partial charge in [0.15, 0.2) is 0 Å². The molecule has 0 heterocycles. The summed E-state index contributed by atoms with van der Waals surface area (Å²) < 4.78 is 11.7. The van der Waals surface area contributed by atoms with Crippen molar-refractivity contribution in [3.05, 3.63) is 0 Å². The number of aliphatic hydroxyl groups excluding tert-OH is 1. The van der Waals surface area contributed by atoms with Crippen LogP contribution in [0.25, 0.3) is 0 Å². The van der Waals surface area contributed by atoms with Crippen LogP contribution in [0.5, 0.6) is 0 Å². The number of hydrogen-bond donors (Lipinski definition) is 3. The number of fused-ring (bicyclic) bond motifs is 2. The van der Waals surface area contributed by atoms with Crippen molar-refractivity contribution in [2.45, 2.75) is 50.8 Å². The van der Waals surface area contributed by atoms with E-state index < -0.39 is 10.8 Å². The molecule has 0 aliphatic heterocycles.